The lowest BCUT2D eigenvalue weighted by Crippen LogP contribution is -2.28. The number of amides is 1. The van der Waals surface area contributed by atoms with Gasteiger partial charge in [0.05, 0.1) is 12.2 Å². The highest BCUT2D eigenvalue weighted by Crippen LogP contribution is 2.07. The van der Waals surface area contributed by atoms with Crippen LogP contribution >= 0.6 is 0 Å². The van der Waals surface area contributed by atoms with Crippen molar-refractivity contribution in [3.63, 3.8) is 0 Å². The molecule has 1 aromatic carbocycles. The van der Waals surface area contributed by atoms with Crippen LogP contribution in [0, 0.1) is 0 Å². The van der Waals surface area contributed by atoms with Crippen LogP contribution in [-0.4, -0.2) is 32.1 Å². The van der Waals surface area contributed by atoms with Gasteiger partial charge in [0.25, 0.3) is 5.91 Å². The molecule has 0 aliphatic rings. The van der Waals surface area contributed by atoms with Crippen molar-refractivity contribution in [1.82, 2.24) is 5.32 Å². The maximum absolute atomic E-state index is 11.7. The van der Waals surface area contributed by atoms with Crippen LogP contribution in [0.25, 0.3) is 0 Å². The molecule has 0 spiro atoms. The van der Waals surface area contributed by atoms with E-state index < -0.39 is 5.97 Å². The van der Waals surface area contributed by atoms with E-state index in [-0.39, 0.29) is 12.5 Å². The van der Waals surface area contributed by atoms with E-state index >= 15 is 0 Å². The number of ether oxygens (including phenoxy) is 2. The number of carbonyl (C=O) groups excluding carboxylic acids is 2. The monoisotopic (exact) mass is 263 g/mol. The molecule has 0 aliphatic heterocycles. The summed E-state index contributed by atoms with van der Waals surface area (Å²) in [6.07, 6.45) is 1.55. The molecule has 0 saturated carbocycles. The van der Waals surface area contributed by atoms with Crippen LogP contribution in [0.2, 0.25) is 0 Å². The molecule has 0 aliphatic carbocycles. The first-order valence-corrected chi connectivity index (χ1v) is 5.80. The number of hydrogen-bond donors (Lipinski definition) is 1. The van der Waals surface area contributed by atoms with Crippen molar-refractivity contribution in [2.24, 2.45) is 0 Å². The van der Waals surface area contributed by atoms with Crippen molar-refractivity contribution < 1.29 is 19.1 Å². The van der Waals surface area contributed by atoms with E-state index in [2.05, 4.69) is 11.9 Å². The third kappa shape index (κ3) is 5.35. The maximum Gasteiger partial charge on any atom is 0.338 e. The van der Waals surface area contributed by atoms with Crippen LogP contribution in [0.4, 0.5) is 0 Å². The van der Waals surface area contributed by atoms with Crippen LogP contribution in [0.1, 0.15) is 15.9 Å². The van der Waals surface area contributed by atoms with Gasteiger partial charge < -0.3 is 14.8 Å². The highest BCUT2D eigenvalue weighted by atomic mass is 16.5. The van der Waals surface area contributed by atoms with E-state index in [9.17, 15) is 9.59 Å². The Morgan fingerprint density at radius 3 is 2.89 bits per heavy atom. The topological polar surface area (TPSA) is 64.6 Å². The first kappa shape index (κ1) is 14.9. The Kier molecular flexibility index (Phi) is 6.32. The molecule has 0 radical (unpaired) electrons. The minimum atomic E-state index is -0.535. The number of nitrogens with one attached hydrogen (secondary N) is 1. The second-order valence-electron chi connectivity index (χ2n) is 3.80. The molecule has 0 saturated heterocycles. The molecule has 0 atom stereocenters. The molecule has 5 heteroatoms. The average molecular weight is 263 g/mol. The van der Waals surface area contributed by atoms with Gasteiger partial charge in [-0.1, -0.05) is 18.2 Å². The lowest BCUT2D eigenvalue weighted by Gasteiger charge is -2.06. The molecule has 0 bridgehead atoms. The highest BCUT2D eigenvalue weighted by Gasteiger charge is 2.10. The Morgan fingerprint density at radius 2 is 2.21 bits per heavy atom. The van der Waals surface area contributed by atoms with Gasteiger partial charge in [-0.15, -0.1) is 6.58 Å². The molecule has 1 rings (SSSR count). The maximum atomic E-state index is 11.7. The summed E-state index contributed by atoms with van der Waals surface area (Å²) in [5, 5.41) is 2.52. The molecule has 1 N–H and O–H groups in total. The zero-order valence-electron chi connectivity index (χ0n) is 10.8. The zero-order chi connectivity index (χ0) is 14.1. The standard InChI is InChI=1S/C14H17NO4/c1-3-7-15-13(16)10-19-14(17)12-6-4-5-11(8-12)9-18-2/h3-6,8H,1,7,9-10H2,2H3,(H,15,16). The van der Waals surface area contributed by atoms with Crippen molar-refractivity contribution >= 4 is 11.9 Å². The highest BCUT2D eigenvalue weighted by molar-refractivity contribution is 5.91. The van der Waals surface area contributed by atoms with Crippen LogP contribution in [-0.2, 0) is 20.9 Å². The lowest BCUT2D eigenvalue weighted by molar-refractivity contribution is -0.124. The van der Waals surface area contributed by atoms with Crippen LogP contribution in [0.15, 0.2) is 36.9 Å². The van der Waals surface area contributed by atoms with Crippen molar-refractivity contribution in [2.45, 2.75) is 6.61 Å². The van der Waals surface area contributed by atoms with Crippen LogP contribution in [0.5, 0.6) is 0 Å². The molecule has 1 aromatic rings. The van der Waals surface area contributed by atoms with E-state index in [1.807, 2.05) is 6.07 Å². The fraction of sp³-hybridized carbons (Fsp3) is 0.286. The molecule has 0 aromatic heterocycles. The first-order chi connectivity index (χ1) is 9.17. The van der Waals surface area contributed by atoms with Crippen LogP contribution < -0.4 is 5.32 Å². The molecule has 0 fully saturated rings. The zero-order valence-corrected chi connectivity index (χ0v) is 10.8. The Morgan fingerprint density at radius 1 is 1.42 bits per heavy atom. The molecule has 0 heterocycles. The molecule has 5 nitrogen and oxygen atoms in total. The van der Waals surface area contributed by atoms with Crippen molar-refractivity contribution in [3.05, 3.63) is 48.0 Å². The largest absolute Gasteiger partial charge is 0.452 e. The van der Waals surface area contributed by atoms with Gasteiger partial charge in [0.1, 0.15) is 0 Å². The number of methoxy groups -OCH3 is 1. The van der Waals surface area contributed by atoms with E-state index in [4.69, 9.17) is 9.47 Å². The summed E-state index contributed by atoms with van der Waals surface area (Å²) in [7, 11) is 1.58. The predicted molar refractivity (Wildman–Crippen MR) is 70.6 cm³/mol. The molecular formula is C14H17NO4. The van der Waals surface area contributed by atoms with Gasteiger partial charge in [0, 0.05) is 13.7 Å². The van der Waals surface area contributed by atoms with Gasteiger partial charge in [-0.2, -0.15) is 0 Å². The lowest BCUT2D eigenvalue weighted by atomic mass is 10.1. The van der Waals surface area contributed by atoms with Crippen molar-refractivity contribution in [2.75, 3.05) is 20.3 Å². The normalized spacial score (nSPS) is 9.74. The number of rotatable bonds is 7. The second-order valence-corrected chi connectivity index (χ2v) is 3.80. The van der Waals surface area contributed by atoms with Gasteiger partial charge in [-0.3, -0.25) is 4.79 Å². The summed E-state index contributed by atoms with van der Waals surface area (Å²) in [4.78, 5) is 23.0. The quantitative estimate of drug-likeness (QED) is 0.594. The fourth-order valence-corrected chi connectivity index (χ4v) is 1.41. The van der Waals surface area contributed by atoms with E-state index in [1.54, 1.807) is 31.4 Å². The fourth-order valence-electron chi connectivity index (χ4n) is 1.41. The summed E-state index contributed by atoms with van der Waals surface area (Å²) in [5.41, 5.74) is 1.26. The smallest absolute Gasteiger partial charge is 0.338 e. The van der Waals surface area contributed by atoms with Gasteiger partial charge in [0.15, 0.2) is 6.61 Å². The minimum Gasteiger partial charge on any atom is -0.452 e. The second kappa shape index (κ2) is 8.05. The van der Waals surface area contributed by atoms with Gasteiger partial charge in [-0.05, 0) is 17.7 Å². The third-order valence-electron chi connectivity index (χ3n) is 2.25. The summed E-state index contributed by atoms with van der Waals surface area (Å²) in [6.45, 7) is 3.93. The Balaban J connectivity index is 2.51. The number of benzene rings is 1. The average Bonchev–Trinajstić information content (AvgIpc) is 2.43. The van der Waals surface area contributed by atoms with E-state index in [0.717, 1.165) is 5.56 Å². The molecular weight excluding hydrogens is 246 g/mol. The molecule has 19 heavy (non-hydrogen) atoms. The summed E-state index contributed by atoms with van der Waals surface area (Å²) in [5.74, 6) is -0.895. The number of hydrogen-bond acceptors (Lipinski definition) is 4. The Bertz CT molecular complexity index is 457. The minimum absolute atomic E-state index is 0.304. The van der Waals surface area contributed by atoms with E-state index in [0.29, 0.717) is 18.7 Å². The SMILES string of the molecule is C=CCNC(=O)COC(=O)c1cccc(COC)c1. The number of esters is 1. The van der Waals surface area contributed by atoms with Gasteiger partial charge in [0.2, 0.25) is 0 Å². The summed E-state index contributed by atoms with van der Waals surface area (Å²) >= 11 is 0. The molecule has 1 amide bonds. The molecule has 102 valence electrons. The molecule has 0 unspecified atom stereocenters. The van der Waals surface area contributed by atoms with E-state index in [1.165, 1.54) is 0 Å². The predicted octanol–water partition coefficient (Wildman–Crippen LogP) is 1.29. The Hall–Kier alpha value is -2.14. The third-order valence-corrected chi connectivity index (χ3v) is 2.25. The summed E-state index contributed by atoms with van der Waals surface area (Å²) in [6, 6.07) is 6.89. The first-order valence-electron chi connectivity index (χ1n) is 5.80. The van der Waals surface area contributed by atoms with Crippen molar-refractivity contribution in [3.8, 4) is 0 Å². The van der Waals surface area contributed by atoms with Crippen molar-refractivity contribution in [1.29, 1.82) is 0 Å². The summed E-state index contributed by atoms with van der Waals surface area (Å²) < 4.78 is 9.87. The van der Waals surface area contributed by atoms with Gasteiger partial charge >= 0.3 is 5.97 Å². The van der Waals surface area contributed by atoms with Crippen LogP contribution in [0.3, 0.4) is 0 Å². The number of carbonyl (C=O) groups is 2. The Labute approximate surface area is 112 Å². The van der Waals surface area contributed by atoms with Gasteiger partial charge in [-0.25, -0.2) is 4.79 Å².